The van der Waals surface area contributed by atoms with Crippen molar-refractivity contribution in [3.63, 3.8) is 0 Å². The Hall–Kier alpha value is -2.40. The summed E-state index contributed by atoms with van der Waals surface area (Å²) in [6.07, 6.45) is -4.66. The fraction of sp³-hybridized carbons (Fsp3) is 0.444. The number of hydrogen-bond acceptors (Lipinski definition) is 4. The van der Waals surface area contributed by atoms with E-state index in [4.69, 9.17) is 0 Å². The molecule has 1 atom stereocenters. The molecular weight excluding hydrogens is 409 g/mol. The molecule has 29 heavy (non-hydrogen) atoms. The molecule has 0 fully saturated rings. The fourth-order valence-electron chi connectivity index (χ4n) is 2.65. The van der Waals surface area contributed by atoms with Crippen molar-refractivity contribution in [1.82, 2.24) is 19.8 Å². The summed E-state index contributed by atoms with van der Waals surface area (Å²) in [6, 6.07) is 5.27. The predicted molar refractivity (Wildman–Crippen MR) is 101 cm³/mol. The maximum absolute atomic E-state index is 12.7. The summed E-state index contributed by atoms with van der Waals surface area (Å²) >= 11 is 0. The van der Waals surface area contributed by atoms with Crippen LogP contribution in [0.4, 0.5) is 13.2 Å². The van der Waals surface area contributed by atoms with Crippen molar-refractivity contribution in [2.24, 2.45) is 5.92 Å². The van der Waals surface area contributed by atoms with Crippen molar-refractivity contribution in [2.45, 2.75) is 38.4 Å². The van der Waals surface area contributed by atoms with Gasteiger partial charge in [0.1, 0.15) is 0 Å². The van der Waals surface area contributed by atoms with Gasteiger partial charge in [0.05, 0.1) is 22.7 Å². The molecule has 1 amide bonds. The van der Waals surface area contributed by atoms with Crippen LogP contribution in [0.2, 0.25) is 0 Å². The summed E-state index contributed by atoms with van der Waals surface area (Å²) in [7, 11) is -4.25. The number of benzene rings is 1. The van der Waals surface area contributed by atoms with Crippen LogP contribution in [0.25, 0.3) is 0 Å². The van der Waals surface area contributed by atoms with Crippen LogP contribution in [0.15, 0.2) is 35.2 Å². The molecule has 7 nitrogen and oxygen atoms in total. The molecule has 2 rings (SSSR count). The minimum absolute atomic E-state index is 0.0389. The van der Waals surface area contributed by atoms with Crippen LogP contribution in [-0.4, -0.2) is 37.2 Å². The van der Waals surface area contributed by atoms with Gasteiger partial charge in [0.2, 0.25) is 15.9 Å². The van der Waals surface area contributed by atoms with Gasteiger partial charge < -0.3 is 5.32 Å². The average molecular weight is 432 g/mol. The number of carbonyl (C=O) groups excluding carboxylic acids is 1. The largest absolute Gasteiger partial charge is 0.416 e. The molecular formula is C18H23F3N4O3S. The van der Waals surface area contributed by atoms with Crippen molar-refractivity contribution >= 4 is 15.9 Å². The van der Waals surface area contributed by atoms with Crippen molar-refractivity contribution in [3.8, 4) is 0 Å². The molecule has 11 heteroatoms. The van der Waals surface area contributed by atoms with Gasteiger partial charge in [0.25, 0.3) is 0 Å². The van der Waals surface area contributed by atoms with E-state index in [9.17, 15) is 26.4 Å². The summed E-state index contributed by atoms with van der Waals surface area (Å²) in [5.41, 5.74) is 0.806. The van der Waals surface area contributed by atoms with Gasteiger partial charge in [-0.25, -0.2) is 13.1 Å². The van der Waals surface area contributed by atoms with Crippen molar-refractivity contribution in [3.05, 3.63) is 47.3 Å². The molecule has 160 valence electrons. The zero-order valence-corrected chi connectivity index (χ0v) is 17.1. The van der Waals surface area contributed by atoms with Crippen LogP contribution >= 0.6 is 0 Å². The Bertz CT molecular complexity index is 971. The second-order valence-corrected chi connectivity index (χ2v) is 8.64. The lowest BCUT2D eigenvalue weighted by Crippen LogP contribution is -2.39. The molecule has 1 aromatic carbocycles. The molecule has 0 aliphatic heterocycles. The maximum atomic E-state index is 12.7. The molecule has 1 unspecified atom stereocenters. The van der Waals surface area contributed by atoms with E-state index in [0.29, 0.717) is 19.2 Å². The number of alkyl halides is 3. The zero-order chi connectivity index (χ0) is 21.8. The number of amides is 1. The molecule has 0 bridgehead atoms. The van der Waals surface area contributed by atoms with Crippen molar-refractivity contribution in [2.75, 3.05) is 13.1 Å². The standard InChI is InChI=1S/C18H23F3N4O3S/c1-12(11-25-14(3)7-13(2)24-25)9-22-17(26)10-23-29(27,28)16-6-4-5-15(8-16)18(19,20)21/h4-8,12,23H,9-11H2,1-3H3,(H,22,26). The predicted octanol–water partition coefficient (Wildman–Crippen LogP) is 2.25. The minimum Gasteiger partial charge on any atom is -0.355 e. The number of nitrogens with one attached hydrogen (secondary N) is 2. The first-order chi connectivity index (χ1) is 13.4. The maximum Gasteiger partial charge on any atom is 0.416 e. The van der Waals surface area contributed by atoms with Gasteiger partial charge >= 0.3 is 6.18 Å². The lowest BCUT2D eigenvalue weighted by Gasteiger charge is -2.14. The van der Waals surface area contributed by atoms with Gasteiger partial charge in [-0.15, -0.1) is 0 Å². The number of sulfonamides is 1. The van der Waals surface area contributed by atoms with E-state index >= 15 is 0 Å². The first kappa shape index (κ1) is 22.9. The molecule has 1 heterocycles. The highest BCUT2D eigenvalue weighted by molar-refractivity contribution is 7.89. The highest BCUT2D eigenvalue weighted by atomic mass is 32.2. The Labute approximate surface area is 167 Å². The highest BCUT2D eigenvalue weighted by Gasteiger charge is 2.31. The van der Waals surface area contributed by atoms with E-state index in [1.54, 1.807) is 0 Å². The van der Waals surface area contributed by atoms with Gasteiger partial charge in [-0.1, -0.05) is 13.0 Å². The third-order valence-electron chi connectivity index (χ3n) is 4.13. The van der Waals surface area contributed by atoms with Crippen LogP contribution in [0.1, 0.15) is 23.9 Å². The molecule has 2 N–H and O–H groups in total. The number of hydrogen-bond donors (Lipinski definition) is 2. The average Bonchev–Trinajstić information content (AvgIpc) is 2.94. The fourth-order valence-corrected chi connectivity index (χ4v) is 3.68. The monoisotopic (exact) mass is 432 g/mol. The molecule has 1 aromatic heterocycles. The van der Waals surface area contributed by atoms with E-state index in [1.807, 2.05) is 36.2 Å². The topological polar surface area (TPSA) is 93.1 Å². The SMILES string of the molecule is Cc1cc(C)n(CC(C)CNC(=O)CNS(=O)(=O)c2cccc(C(F)(F)F)c2)n1. The second kappa shape index (κ2) is 8.95. The van der Waals surface area contributed by atoms with E-state index < -0.39 is 39.1 Å². The third-order valence-corrected chi connectivity index (χ3v) is 5.53. The first-order valence-electron chi connectivity index (χ1n) is 8.83. The Morgan fingerprint density at radius 3 is 2.52 bits per heavy atom. The number of halogens is 3. The summed E-state index contributed by atoms with van der Waals surface area (Å²) in [4.78, 5) is 11.4. The van der Waals surface area contributed by atoms with Gasteiger partial charge in [-0.3, -0.25) is 9.48 Å². The number of aryl methyl sites for hydroxylation is 2. The summed E-state index contributed by atoms with van der Waals surface area (Å²) in [5, 5.41) is 6.94. The first-order valence-corrected chi connectivity index (χ1v) is 10.3. The number of aromatic nitrogens is 2. The lowest BCUT2D eigenvalue weighted by molar-refractivity contribution is -0.137. The molecule has 0 saturated heterocycles. The molecule has 0 radical (unpaired) electrons. The van der Waals surface area contributed by atoms with E-state index in [-0.39, 0.29) is 5.92 Å². The molecule has 2 aromatic rings. The van der Waals surface area contributed by atoms with Crippen LogP contribution in [0.3, 0.4) is 0 Å². The van der Waals surface area contributed by atoms with Crippen LogP contribution in [0, 0.1) is 19.8 Å². The van der Waals surface area contributed by atoms with Crippen molar-refractivity contribution < 1.29 is 26.4 Å². The quantitative estimate of drug-likeness (QED) is 0.669. The second-order valence-electron chi connectivity index (χ2n) is 6.87. The lowest BCUT2D eigenvalue weighted by atomic mass is 10.2. The number of nitrogens with zero attached hydrogens (tertiary/aromatic N) is 2. The van der Waals surface area contributed by atoms with Crippen LogP contribution in [0.5, 0.6) is 0 Å². The van der Waals surface area contributed by atoms with Crippen LogP contribution in [-0.2, 0) is 27.5 Å². The van der Waals surface area contributed by atoms with Gasteiger partial charge in [-0.2, -0.15) is 18.3 Å². The van der Waals surface area contributed by atoms with Gasteiger partial charge in [0, 0.05) is 18.8 Å². The number of carbonyl (C=O) groups is 1. The summed E-state index contributed by atoms with van der Waals surface area (Å²) < 4.78 is 66.4. The van der Waals surface area contributed by atoms with Gasteiger partial charge in [-0.05, 0) is 44.0 Å². The summed E-state index contributed by atoms with van der Waals surface area (Å²) in [6.45, 7) is 6.01. The van der Waals surface area contributed by atoms with Crippen molar-refractivity contribution in [1.29, 1.82) is 0 Å². The Balaban J connectivity index is 1.87. The Kier molecular flexibility index (Phi) is 7.06. The molecule has 0 spiro atoms. The normalized spacial score (nSPS) is 13.3. The van der Waals surface area contributed by atoms with E-state index in [1.165, 1.54) is 0 Å². The molecule has 0 aliphatic carbocycles. The Morgan fingerprint density at radius 1 is 1.24 bits per heavy atom. The number of rotatable bonds is 8. The molecule has 0 aliphatic rings. The van der Waals surface area contributed by atoms with E-state index in [0.717, 1.165) is 29.6 Å². The minimum atomic E-state index is -4.66. The third kappa shape index (κ3) is 6.57. The van der Waals surface area contributed by atoms with E-state index in [2.05, 4.69) is 10.4 Å². The zero-order valence-electron chi connectivity index (χ0n) is 16.2. The highest BCUT2D eigenvalue weighted by Crippen LogP contribution is 2.30. The molecule has 0 saturated carbocycles. The summed E-state index contributed by atoms with van der Waals surface area (Å²) in [5.74, 6) is -0.544. The van der Waals surface area contributed by atoms with Gasteiger partial charge in [0.15, 0.2) is 0 Å². The smallest absolute Gasteiger partial charge is 0.355 e. The van der Waals surface area contributed by atoms with Crippen LogP contribution < -0.4 is 10.0 Å². The Morgan fingerprint density at radius 2 is 1.93 bits per heavy atom.